The van der Waals surface area contributed by atoms with Crippen LogP contribution in [0, 0.1) is 6.92 Å². The molecule has 0 aliphatic heterocycles. The number of benzene rings is 2. The average Bonchev–Trinajstić information content (AvgIpc) is 3.14. The molecule has 4 aromatic rings. The Labute approximate surface area is 168 Å². The molecule has 0 aliphatic rings. The first kappa shape index (κ1) is 18.7. The van der Waals surface area contributed by atoms with Crippen LogP contribution >= 0.6 is 11.8 Å². The van der Waals surface area contributed by atoms with Crippen LogP contribution < -0.4 is 5.56 Å². The van der Waals surface area contributed by atoms with Gasteiger partial charge in [0, 0.05) is 12.3 Å². The molecule has 2 aromatic heterocycles. The topological polar surface area (TPSA) is 52.2 Å². The number of rotatable bonds is 7. The van der Waals surface area contributed by atoms with Crippen molar-refractivity contribution in [3.05, 3.63) is 70.0 Å². The quantitative estimate of drug-likeness (QED) is 0.334. The third kappa shape index (κ3) is 3.56. The highest BCUT2D eigenvalue weighted by molar-refractivity contribution is 7.98. The summed E-state index contributed by atoms with van der Waals surface area (Å²) in [6.07, 6.45) is 3.17. The summed E-state index contributed by atoms with van der Waals surface area (Å²) in [7, 11) is 0. The van der Waals surface area contributed by atoms with Gasteiger partial charge < -0.3 is 0 Å². The van der Waals surface area contributed by atoms with E-state index in [1.165, 1.54) is 11.1 Å². The van der Waals surface area contributed by atoms with Crippen molar-refractivity contribution in [1.82, 2.24) is 19.2 Å². The van der Waals surface area contributed by atoms with Crippen LogP contribution in [0.25, 0.3) is 16.7 Å². The number of hydrogen-bond donors (Lipinski definition) is 0. The summed E-state index contributed by atoms with van der Waals surface area (Å²) in [6.45, 7) is 4.92. The number of thioether (sulfide) groups is 1. The molecular weight excluding hydrogens is 368 g/mol. The Kier molecular flexibility index (Phi) is 5.48. The first-order valence-corrected chi connectivity index (χ1v) is 10.7. The molecule has 144 valence electrons. The van der Waals surface area contributed by atoms with Crippen molar-refractivity contribution in [2.45, 2.75) is 50.6 Å². The van der Waals surface area contributed by atoms with Crippen molar-refractivity contribution in [3.8, 4) is 0 Å². The SMILES string of the molecule is CCCCCn1c(=O)c2ccccc2n2c(SCc3ccc(C)cc3)nnc12. The zero-order chi connectivity index (χ0) is 19.5. The van der Waals surface area contributed by atoms with E-state index in [-0.39, 0.29) is 5.56 Å². The van der Waals surface area contributed by atoms with Crippen molar-refractivity contribution < 1.29 is 0 Å². The maximum absolute atomic E-state index is 13.0. The largest absolute Gasteiger partial charge is 0.276 e. The lowest BCUT2D eigenvalue weighted by molar-refractivity contribution is 0.594. The molecule has 6 heteroatoms. The predicted octanol–water partition coefficient (Wildman–Crippen LogP) is 4.84. The highest BCUT2D eigenvalue weighted by atomic mass is 32.2. The number of para-hydroxylation sites is 1. The lowest BCUT2D eigenvalue weighted by Gasteiger charge is -2.11. The van der Waals surface area contributed by atoms with Gasteiger partial charge in [-0.2, -0.15) is 0 Å². The van der Waals surface area contributed by atoms with Gasteiger partial charge in [-0.1, -0.05) is 73.5 Å². The summed E-state index contributed by atoms with van der Waals surface area (Å²) in [5.74, 6) is 1.44. The van der Waals surface area contributed by atoms with Crippen LogP contribution in [-0.2, 0) is 12.3 Å². The molecule has 0 unspecified atom stereocenters. The lowest BCUT2D eigenvalue weighted by Crippen LogP contribution is -2.23. The van der Waals surface area contributed by atoms with Gasteiger partial charge in [-0.05, 0) is 31.0 Å². The number of nitrogens with zero attached hydrogens (tertiary/aromatic N) is 4. The Bertz CT molecular complexity index is 1160. The molecule has 5 nitrogen and oxygen atoms in total. The molecule has 0 bridgehead atoms. The van der Waals surface area contributed by atoms with Crippen LogP contribution in [0.3, 0.4) is 0 Å². The van der Waals surface area contributed by atoms with Gasteiger partial charge in [-0.3, -0.25) is 13.8 Å². The first-order valence-electron chi connectivity index (χ1n) is 9.74. The Hall–Kier alpha value is -2.60. The Morgan fingerprint density at radius 2 is 1.79 bits per heavy atom. The molecule has 2 aromatic carbocycles. The fraction of sp³-hybridized carbons (Fsp3) is 0.318. The van der Waals surface area contributed by atoms with Gasteiger partial charge in [0.2, 0.25) is 5.78 Å². The second-order valence-electron chi connectivity index (χ2n) is 7.07. The molecule has 0 saturated carbocycles. The predicted molar refractivity (Wildman–Crippen MR) is 115 cm³/mol. The second kappa shape index (κ2) is 8.19. The molecule has 0 atom stereocenters. The van der Waals surface area contributed by atoms with E-state index in [1.54, 1.807) is 16.3 Å². The number of aromatic nitrogens is 4. The fourth-order valence-corrected chi connectivity index (χ4v) is 4.28. The van der Waals surface area contributed by atoms with Gasteiger partial charge in [0.25, 0.3) is 5.56 Å². The van der Waals surface area contributed by atoms with Crippen molar-refractivity contribution >= 4 is 28.4 Å². The molecule has 0 amide bonds. The highest BCUT2D eigenvalue weighted by Crippen LogP contribution is 2.25. The minimum absolute atomic E-state index is 0.0155. The fourth-order valence-electron chi connectivity index (χ4n) is 3.38. The first-order chi connectivity index (χ1) is 13.7. The van der Waals surface area contributed by atoms with Crippen LogP contribution in [0.2, 0.25) is 0 Å². The van der Waals surface area contributed by atoms with Gasteiger partial charge in [-0.25, -0.2) is 0 Å². The minimum atomic E-state index is 0.0155. The zero-order valence-corrected chi connectivity index (χ0v) is 17.1. The van der Waals surface area contributed by atoms with Crippen LogP contribution in [0.5, 0.6) is 0 Å². The maximum atomic E-state index is 13.0. The van der Waals surface area contributed by atoms with Gasteiger partial charge in [-0.15, -0.1) is 10.2 Å². The summed E-state index contributed by atoms with van der Waals surface area (Å²) in [5, 5.41) is 10.3. The van der Waals surface area contributed by atoms with E-state index in [2.05, 4.69) is 48.3 Å². The zero-order valence-electron chi connectivity index (χ0n) is 16.3. The average molecular weight is 393 g/mol. The van der Waals surface area contributed by atoms with Gasteiger partial charge in [0.1, 0.15) is 0 Å². The normalized spacial score (nSPS) is 11.5. The molecule has 0 radical (unpaired) electrons. The van der Waals surface area contributed by atoms with Gasteiger partial charge in [0.05, 0.1) is 10.9 Å². The molecule has 0 fully saturated rings. The molecule has 0 saturated heterocycles. The molecule has 0 aliphatic carbocycles. The molecule has 0 N–H and O–H groups in total. The van der Waals surface area contributed by atoms with Crippen molar-refractivity contribution in [2.75, 3.05) is 0 Å². The second-order valence-corrected chi connectivity index (χ2v) is 8.02. The van der Waals surface area contributed by atoms with Crippen LogP contribution in [0.15, 0.2) is 58.5 Å². The Morgan fingerprint density at radius 3 is 2.57 bits per heavy atom. The minimum Gasteiger partial charge on any atom is -0.276 e. The summed E-state index contributed by atoms with van der Waals surface area (Å²) < 4.78 is 3.81. The van der Waals surface area contributed by atoms with E-state index in [9.17, 15) is 4.79 Å². The molecule has 4 rings (SSSR count). The highest BCUT2D eigenvalue weighted by Gasteiger charge is 2.16. The van der Waals surface area contributed by atoms with Crippen LogP contribution in [0.4, 0.5) is 0 Å². The van der Waals surface area contributed by atoms with Crippen molar-refractivity contribution in [2.24, 2.45) is 0 Å². The summed E-state index contributed by atoms with van der Waals surface area (Å²) in [6, 6.07) is 16.3. The summed E-state index contributed by atoms with van der Waals surface area (Å²) >= 11 is 1.65. The van der Waals surface area contributed by atoms with E-state index < -0.39 is 0 Å². The van der Waals surface area contributed by atoms with E-state index in [0.29, 0.717) is 17.7 Å². The number of hydrogen-bond acceptors (Lipinski definition) is 4. The van der Waals surface area contributed by atoms with Crippen LogP contribution in [-0.4, -0.2) is 19.2 Å². The van der Waals surface area contributed by atoms with E-state index >= 15 is 0 Å². The monoisotopic (exact) mass is 392 g/mol. The number of fused-ring (bicyclic) bond motifs is 3. The Balaban J connectivity index is 1.77. The van der Waals surface area contributed by atoms with Crippen LogP contribution in [0.1, 0.15) is 37.3 Å². The van der Waals surface area contributed by atoms with E-state index in [1.807, 2.05) is 28.7 Å². The number of unbranched alkanes of at least 4 members (excludes halogenated alkanes) is 2. The molecule has 2 heterocycles. The Morgan fingerprint density at radius 1 is 1.00 bits per heavy atom. The maximum Gasteiger partial charge on any atom is 0.262 e. The van der Waals surface area contributed by atoms with E-state index in [0.717, 1.165) is 35.7 Å². The summed E-state index contributed by atoms with van der Waals surface area (Å²) in [5.41, 5.74) is 3.38. The van der Waals surface area contributed by atoms with Crippen molar-refractivity contribution in [3.63, 3.8) is 0 Å². The van der Waals surface area contributed by atoms with E-state index in [4.69, 9.17) is 0 Å². The molecule has 0 spiro atoms. The third-order valence-electron chi connectivity index (χ3n) is 4.95. The van der Waals surface area contributed by atoms with Gasteiger partial charge >= 0.3 is 0 Å². The lowest BCUT2D eigenvalue weighted by atomic mass is 10.2. The number of aryl methyl sites for hydroxylation is 2. The summed E-state index contributed by atoms with van der Waals surface area (Å²) in [4.78, 5) is 13.0. The van der Waals surface area contributed by atoms with Gasteiger partial charge in [0.15, 0.2) is 5.16 Å². The van der Waals surface area contributed by atoms with Crippen molar-refractivity contribution in [1.29, 1.82) is 0 Å². The smallest absolute Gasteiger partial charge is 0.262 e. The molecular formula is C22H24N4OS. The molecule has 28 heavy (non-hydrogen) atoms. The third-order valence-corrected chi connectivity index (χ3v) is 5.95. The standard InChI is InChI=1S/C22H24N4OS/c1-3-4-7-14-25-20(27)18-8-5-6-9-19(18)26-21(25)23-24-22(26)28-15-17-12-10-16(2)11-13-17/h5-6,8-13H,3-4,7,14-15H2,1-2H3.